The highest BCUT2D eigenvalue weighted by atomic mass is 32.2. The second-order valence-electron chi connectivity index (χ2n) is 4.41. The van der Waals surface area contributed by atoms with Crippen LogP contribution in [0.25, 0.3) is 0 Å². The first-order chi connectivity index (χ1) is 9.37. The molecule has 7 nitrogen and oxygen atoms in total. The third-order valence-electron chi connectivity index (χ3n) is 2.73. The minimum absolute atomic E-state index is 0.0586. The van der Waals surface area contributed by atoms with E-state index in [1.165, 1.54) is 6.07 Å². The van der Waals surface area contributed by atoms with Crippen molar-refractivity contribution in [3.63, 3.8) is 0 Å². The van der Waals surface area contributed by atoms with E-state index in [1.807, 2.05) is 0 Å². The van der Waals surface area contributed by atoms with Crippen LogP contribution in [0.2, 0.25) is 0 Å². The molecule has 2 rings (SSSR count). The Hall–Kier alpha value is -1.80. The van der Waals surface area contributed by atoms with Gasteiger partial charge in [-0.1, -0.05) is 0 Å². The zero-order valence-corrected chi connectivity index (χ0v) is 11.7. The van der Waals surface area contributed by atoms with Gasteiger partial charge < -0.3 is 15.2 Å². The number of hydrogen-bond donors (Lipinski definition) is 2. The number of carbonyl (C=O) groups is 1. The van der Waals surface area contributed by atoms with Gasteiger partial charge in [-0.15, -0.1) is 0 Å². The quantitative estimate of drug-likeness (QED) is 0.783. The minimum Gasteiger partial charge on any atom is -0.489 e. The molecule has 0 fully saturated rings. The average Bonchev–Trinajstić information content (AvgIpc) is 2.57. The van der Waals surface area contributed by atoms with Gasteiger partial charge >= 0.3 is 0 Å². The molecule has 109 valence electrons. The molecule has 8 heteroatoms. The molecule has 1 heterocycles. The fourth-order valence-electron chi connectivity index (χ4n) is 1.78. The van der Waals surface area contributed by atoms with Crippen LogP contribution in [-0.2, 0) is 21.4 Å². The molecule has 20 heavy (non-hydrogen) atoms. The molecule has 0 saturated carbocycles. The van der Waals surface area contributed by atoms with Crippen LogP contribution >= 0.6 is 0 Å². The third kappa shape index (κ3) is 3.61. The number of amides is 1. The van der Waals surface area contributed by atoms with E-state index >= 15 is 0 Å². The zero-order chi connectivity index (χ0) is 14.8. The van der Waals surface area contributed by atoms with Crippen molar-refractivity contribution in [3.05, 3.63) is 23.8 Å². The lowest BCUT2D eigenvalue weighted by Crippen LogP contribution is -2.33. The summed E-state index contributed by atoms with van der Waals surface area (Å²) < 4.78 is 35.6. The van der Waals surface area contributed by atoms with Crippen LogP contribution in [0.3, 0.4) is 0 Å². The van der Waals surface area contributed by atoms with Crippen molar-refractivity contribution in [2.75, 3.05) is 12.9 Å². The summed E-state index contributed by atoms with van der Waals surface area (Å²) in [6.07, 6.45) is 0.643. The van der Waals surface area contributed by atoms with Crippen LogP contribution < -0.4 is 19.9 Å². The molecule has 1 unspecified atom stereocenters. The van der Waals surface area contributed by atoms with Gasteiger partial charge in [0.25, 0.3) is 5.91 Å². The van der Waals surface area contributed by atoms with Crippen molar-refractivity contribution in [1.29, 1.82) is 0 Å². The lowest BCUT2D eigenvalue weighted by molar-refractivity contribution is -0.124. The first-order valence-corrected chi connectivity index (χ1v) is 7.82. The Balaban J connectivity index is 2.25. The SMILES string of the molecule is CS(=O)(=O)NCc1c[c]cc2c1OCCC(C(N)=O)O2. The van der Waals surface area contributed by atoms with Gasteiger partial charge in [-0.2, -0.15) is 0 Å². The number of nitrogens with one attached hydrogen (secondary N) is 1. The van der Waals surface area contributed by atoms with E-state index in [4.69, 9.17) is 15.2 Å². The van der Waals surface area contributed by atoms with Crippen molar-refractivity contribution in [2.45, 2.75) is 19.1 Å². The van der Waals surface area contributed by atoms with Crippen molar-refractivity contribution < 1.29 is 22.7 Å². The smallest absolute Gasteiger partial charge is 0.258 e. The van der Waals surface area contributed by atoms with Gasteiger partial charge in [-0.3, -0.25) is 4.79 Å². The number of ether oxygens (including phenoxy) is 2. The normalized spacial score (nSPS) is 18.4. The second kappa shape index (κ2) is 5.68. The van der Waals surface area contributed by atoms with Gasteiger partial charge in [0.15, 0.2) is 17.6 Å². The molecule has 1 aromatic carbocycles. The van der Waals surface area contributed by atoms with E-state index in [2.05, 4.69) is 10.8 Å². The van der Waals surface area contributed by atoms with Crippen LogP contribution in [0.5, 0.6) is 11.5 Å². The van der Waals surface area contributed by atoms with E-state index in [0.717, 1.165) is 6.26 Å². The van der Waals surface area contributed by atoms with Crippen molar-refractivity contribution >= 4 is 15.9 Å². The van der Waals surface area contributed by atoms with Gasteiger partial charge in [0, 0.05) is 18.5 Å². The molecular formula is C12H15N2O5S. The summed E-state index contributed by atoms with van der Waals surface area (Å²) in [7, 11) is -3.32. The highest BCUT2D eigenvalue weighted by Crippen LogP contribution is 2.34. The van der Waals surface area contributed by atoms with E-state index in [-0.39, 0.29) is 13.2 Å². The number of primary amides is 1. The third-order valence-corrected chi connectivity index (χ3v) is 3.39. The highest BCUT2D eigenvalue weighted by Gasteiger charge is 2.24. The van der Waals surface area contributed by atoms with Crippen molar-refractivity contribution in [2.24, 2.45) is 5.73 Å². The summed E-state index contributed by atoms with van der Waals surface area (Å²) in [5.74, 6) is 0.170. The standard InChI is InChI=1S/C12H15N2O5S/c1-20(16,17)14-7-8-3-2-4-9-11(8)18-6-5-10(19-9)12(13)15/h3-4,10,14H,5-7H2,1H3,(H2,13,15). The summed E-state index contributed by atoms with van der Waals surface area (Å²) in [5.41, 5.74) is 5.81. The Morgan fingerprint density at radius 3 is 2.95 bits per heavy atom. The number of benzene rings is 1. The van der Waals surface area contributed by atoms with E-state index in [9.17, 15) is 13.2 Å². The van der Waals surface area contributed by atoms with Gasteiger partial charge in [0.2, 0.25) is 10.0 Å². The van der Waals surface area contributed by atoms with Gasteiger partial charge in [0.1, 0.15) is 0 Å². The Morgan fingerprint density at radius 1 is 1.55 bits per heavy atom. The van der Waals surface area contributed by atoms with Gasteiger partial charge in [-0.05, 0) is 18.2 Å². The predicted molar refractivity (Wildman–Crippen MR) is 70.7 cm³/mol. The van der Waals surface area contributed by atoms with Gasteiger partial charge in [0.05, 0.1) is 12.9 Å². The van der Waals surface area contributed by atoms with Crippen LogP contribution in [0, 0.1) is 6.07 Å². The predicted octanol–water partition coefficient (Wildman–Crippen LogP) is -0.449. The number of carbonyl (C=O) groups excluding carboxylic acids is 1. The summed E-state index contributed by atoms with van der Waals surface area (Å²) in [6.45, 7) is 0.319. The zero-order valence-electron chi connectivity index (χ0n) is 10.9. The maximum atomic E-state index is 11.2. The minimum atomic E-state index is -3.32. The van der Waals surface area contributed by atoms with Crippen molar-refractivity contribution in [3.8, 4) is 11.5 Å². The highest BCUT2D eigenvalue weighted by molar-refractivity contribution is 7.88. The fourth-order valence-corrected chi connectivity index (χ4v) is 2.20. The van der Waals surface area contributed by atoms with Crippen LogP contribution in [0.1, 0.15) is 12.0 Å². The number of rotatable bonds is 4. The van der Waals surface area contributed by atoms with Gasteiger partial charge in [-0.25, -0.2) is 13.1 Å². The number of sulfonamides is 1. The first-order valence-electron chi connectivity index (χ1n) is 5.93. The largest absolute Gasteiger partial charge is 0.489 e. The topological polar surface area (TPSA) is 108 Å². The van der Waals surface area contributed by atoms with Crippen LogP contribution in [0.4, 0.5) is 0 Å². The lowest BCUT2D eigenvalue weighted by atomic mass is 10.2. The monoisotopic (exact) mass is 299 g/mol. The lowest BCUT2D eigenvalue weighted by Gasteiger charge is -2.14. The summed E-state index contributed by atoms with van der Waals surface area (Å²) in [6, 6.07) is 5.95. The molecular weight excluding hydrogens is 284 g/mol. The Kier molecular flexibility index (Phi) is 4.15. The number of fused-ring (bicyclic) bond motifs is 1. The molecule has 0 spiro atoms. The average molecular weight is 299 g/mol. The molecule has 1 amide bonds. The first kappa shape index (κ1) is 14.6. The molecule has 0 bridgehead atoms. The molecule has 1 radical (unpaired) electrons. The Morgan fingerprint density at radius 2 is 2.30 bits per heavy atom. The second-order valence-corrected chi connectivity index (χ2v) is 6.25. The molecule has 0 aliphatic carbocycles. The van der Waals surface area contributed by atoms with Crippen LogP contribution in [0.15, 0.2) is 12.1 Å². The van der Waals surface area contributed by atoms with E-state index < -0.39 is 22.0 Å². The number of nitrogens with two attached hydrogens (primary N) is 1. The van der Waals surface area contributed by atoms with Crippen LogP contribution in [-0.4, -0.2) is 33.3 Å². The fraction of sp³-hybridized carbons (Fsp3) is 0.417. The molecule has 0 aromatic heterocycles. The summed E-state index contributed by atoms with van der Waals surface area (Å²) in [4.78, 5) is 11.2. The van der Waals surface area contributed by atoms with E-state index in [0.29, 0.717) is 23.5 Å². The molecule has 1 aromatic rings. The molecule has 1 aliphatic rings. The summed E-state index contributed by atoms with van der Waals surface area (Å²) in [5, 5.41) is 0. The molecule has 1 aliphatic heterocycles. The summed E-state index contributed by atoms with van der Waals surface area (Å²) >= 11 is 0. The molecule has 0 saturated heterocycles. The maximum Gasteiger partial charge on any atom is 0.258 e. The number of hydrogen-bond acceptors (Lipinski definition) is 5. The molecule has 1 atom stereocenters. The Labute approximate surface area is 117 Å². The maximum absolute atomic E-state index is 11.2. The Bertz CT molecular complexity index is 614. The van der Waals surface area contributed by atoms with E-state index in [1.54, 1.807) is 6.07 Å². The molecule has 3 N–H and O–H groups in total. The van der Waals surface area contributed by atoms with Crippen molar-refractivity contribution in [1.82, 2.24) is 4.72 Å².